The van der Waals surface area contributed by atoms with Crippen molar-refractivity contribution >= 4 is 18.3 Å². The summed E-state index contributed by atoms with van der Waals surface area (Å²) in [4.78, 5) is 14.4. The number of likely N-dealkylation sites (tertiary alicyclic amines) is 1. The fourth-order valence-corrected chi connectivity index (χ4v) is 3.06. The number of likely N-dealkylation sites (N-methyl/N-ethyl adjacent to an activating group) is 1. The van der Waals surface area contributed by atoms with Crippen molar-refractivity contribution in [3.05, 3.63) is 41.5 Å². The summed E-state index contributed by atoms with van der Waals surface area (Å²) in [5.74, 6) is -0.795. The monoisotopic (exact) mass is 368 g/mol. The minimum Gasteiger partial charge on any atom is -0.504 e. The number of nitrogens with one attached hydrogen (secondary N) is 1. The number of benzene rings is 1. The van der Waals surface area contributed by atoms with Crippen molar-refractivity contribution in [2.75, 3.05) is 20.1 Å². The highest BCUT2D eigenvalue weighted by molar-refractivity contribution is 5.95. The summed E-state index contributed by atoms with van der Waals surface area (Å²) >= 11 is 0. The molecule has 1 amide bonds. The first-order valence-electron chi connectivity index (χ1n) is 8.01. The van der Waals surface area contributed by atoms with Crippen LogP contribution in [0.1, 0.15) is 28.9 Å². The van der Waals surface area contributed by atoms with E-state index in [2.05, 4.69) is 10.4 Å². The van der Waals surface area contributed by atoms with Gasteiger partial charge in [-0.05, 0) is 50.6 Å². The van der Waals surface area contributed by atoms with Crippen LogP contribution >= 0.6 is 12.4 Å². The van der Waals surface area contributed by atoms with Gasteiger partial charge in [0.1, 0.15) is 5.82 Å². The lowest BCUT2D eigenvalue weighted by Crippen LogP contribution is -2.47. The molecule has 3 rings (SSSR count). The first kappa shape index (κ1) is 19.2. The molecular formula is C17H22ClFN4O2. The fourth-order valence-electron chi connectivity index (χ4n) is 3.06. The van der Waals surface area contributed by atoms with Crippen LogP contribution in [0.3, 0.4) is 0 Å². The highest BCUT2D eigenvalue weighted by Gasteiger charge is 2.27. The van der Waals surface area contributed by atoms with Crippen molar-refractivity contribution in [1.82, 2.24) is 20.0 Å². The molecule has 0 spiro atoms. The Bertz CT molecular complexity index is 765. The topological polar surface area (TPSA) is 70.4 Å². The number of rotatable bonds is 3. The van der Waals surface area contributed by atoms with E-state index >= 15 is 0 Å². The number of hydrogen-bond acceptors (Lipinski definition) is 4. The largest absolute Gasteiger partial charge is 0.504 e. The van der Waals surface area contributed by atoms with Gasteiger partial charge in [0.05, 0.1) is 11.9 Å². The Balaban J connectivity index is 0.00000225. The van der Waals surface area contributed by atoms with Crippen LogP contribution in [0, 0.1) is 12.7 Å². The molecule has 1 aliphatic rings. The van der Waals surface area contributed by atoms with E-state index in [1.165, 1.54) is 23.0 Å². The number of carbonyl (C=O) groups is 1. The number of aromatic nitrogens is 2. The summed E-state index contributed by atoms with van der Waals surface area (Å²) in [5, 5.41) is 17.6. The predicted molar refractivity (Wildman–Crippen MR) is 95.2 cm³/mol. The zero-order chi connectivity index (χ0) is 17.3. The number of carbonyl (C=O) groups excluding carboxylic acids is 1. The van der Waals surface area contributed by atoms with E-state index in [0.717, 1.165) is 12.8 Å². The van der Waals surface area contributed by atoms with Crippen LogP contribution in [-0.2, 0) is 0 Å². The van der Waals surface area contributed by atoms with Crippen molar-refractivity contribution in [3.8, 4) is 11.4 Å². The van der Waals surface area contributed by atoms with Gasteiger partial charge in [-0.25, -0.2) is 9.07 Å². The van der Waals surface area contributed by atoms with Crippen LogP contribution in [0.2, 0.25) is 0 Å². The fraction of sp³-hybridized carbons (Fsp3) is 0.412. The van der Waals surface area contributed by atoms with Gasteiger partial charge < -0.3 is 15.3 Å². The molecule has 2 aromatic rings. The van der Waals surface area contributed by atoms with Crippen molar-refractivity contribution in [1.29, 1.82) is 0 Å². The molecule has 1 saturated heterocycles. The molecule has 8 heteroatoms. The third kappa shape index (κ3) is 3.93. The molecule has 1 aliphatic heterocycles. The number of nitrogens with zero attached hydrogens (tertiary/aromatic N) is 3. The molecular weight excluding hydrogens is 347 g/mol. The molecule has 6 nitrogen and oxygen atoms in total. The number of amides is 1. The first-order valence-corrected chi connectivity index (χ1v) is 8.01. The molecule has 25 heavy (non-hydrogen) atoms. The minimum atomic E-state index is -0.338. The Morgan fingerprint density at radius 3 is 2.88 bits per heavy atom. The summed E-state index contributed by atoms with van der Waals surface area (Å²) in [6.45, 7) is 3.00. The average Bonchev–Trinajstić information content (AvgIpc) is 2.95. The van der Waals surface area contributed by atoms with Crippen LogP contribution in [0.4, 0.5) is 4.39 Å². The average molecular weight is 369 g/mol. The van der Waals surface area contributed by atoms with Gasteiger partial charge in [0.15, 0.2) is 11.4 Å². The maximum absolute atomic E-state index is 13.2. The van der Waals surface area contributed by atoms with Gasteiger partial charge in [0, 0.05) is 19.1 Å². The quantitative estimate of drug-likeness (QED) is 0.872. The molecule has 1 atom stereocenters. The Morgan fingerprint density at radius 1 is 1.44 bits per heavy atom. The number of aryl methyl sites for hydroxylation is 1. The lowest BCUT2D eigenvalue weighted by Gasteiger charge is -2.32. The van der Waals surface area contributed by atoms with E-state index in [0.29, 0.717) is 24.3 Å². The summed E-state index contributed by atoms with van der Waals surface area (Å²) in [5.41, 5.74) is 1.32. The van der Waals surface area contributed by atoms with E-state index in [9.17, 15) is 14.3 Å². The second-order valence-electron chi connectivity index (χ2n) is 6.12. The van der Waals surface area contributed by atoms with Crippen LogP contribution in [0.25, 0.3) is 5.69 Å². The second kappa shape index (κ2) is 7.84. The molecule has 0 radical (unpaired) electrons. The molecule has 0 aliphatic carbocycles. The second-order valence-corrected chi connectivity index (χ2v) is 6.12. The minimum absolute atomic E-state index is 0. The van der Waals surface area contributed by atoms with Crippen LogP contribution in [0.15, 0.2) is 24.4 Å². The van der Waals surface area contributed by atoms with Gasteiger partial charge in [-0.1, -0.05) is 0 Å². The molecule has 2 N–H and O–H groups in total. The predicted octanol–water partition coefficient (Wildman–Crippen LogP) is 2.27. The number of halogens is 2. The number of hydrogen-bond donors (Lipinski definition) is 2. The number of piperidine rings is 1. The Labute approximate surface area is 152 Å². The van der Waals surface area contributed by atoms with E-state index < -0.39 is 0 Å². The Hall–Kier alpha value is -2.12. The molecule has 0 saturated carbocycles. The summed E-state index contributed by atoms with van der Waals surface area (Å²) in [6, 6.07) is 4.54. The maximum Gasteiger partial charge on any atom is 0.278 e. The standard InChI is InChI=1S/C17H21FN4O2.ClH/c1-11-8-12(18)5-6-14(11)22-10-15(23)16(20-22)17(24)21-7-3-4-13(9-21)19-2;/h5-6,8,10,13,19,23H,3-4,7,9H2,1-2H3;1H. The van der Waals surface area contributed by atoms with Crippen molar-refractivity contribution < 1.29 is 14.3 Å². The van der Waals surface area contributed by atoms with Crippen molar-refractivity contribution in [2.24, 2.45) is 0 Å². The van der Waals surface area contributed by atoms with Crippen molar-refractivity contribution in [2.45, 2.75) is 25.8 Å². The van der Waals surface area contributed by atoms with Crippen LogP contribution < -0.4 is 5.32 Å². The highest BCUT2D eigenvalue weighted by Crippen LogP contribution is 2.23. The van der Waals surface area contributed by atoms with Crippen molar-refractivity contribution in [3.63, 3.8) is 0 Å². The molecule has 136 valence electrons. The summed E-state index contributed by atoms with van der Waals surface area (Å²) in [6.07, 6.45) is 3.32. The van der Waals surface area contributed by atoms with Gasteiger partial charge in [0.2, 0.25) is 0 Å². The van der Waals surface area contributed by atoms with Gasteiger partial charge in [-0.2, -0.15) is 5.10 Å². The summed E-state index contributed by atoms with van der Waals surface area (Å²) < 4.78 is 14.7. The normalized spacial score (nSPS) is 17.2. The summed E-state index contributed by atoms with van der Waals surface area (Å²) in [7, 11) is 1.88. The smallest absolute Gasteiger partial charge is 0.278 e. The zero-order valence-electron chi connectivity index (χ0n) is 14.2. The zero-order valence-corrected chi connectivity index (χ0v) is 15.0. The molecule has 2 heterocycles. The third-order valence-corrected chi connectivity index (χ3v) is 4.42. The highest BCUT2D eigenvalue weighted by atomic mass is 35.5. The maximum atomic E-state index is 13.2. The van der Waals surface area contributed by atoms with Crippen LogP contribution in [0.5, 0.6) is 5.75 Å². The molecule has 1 aromatic carbocycles. The first-order chi connectivity index (χ1) is 11.5. The third-order valence-electron chi connectivity index (χ3n) is 4.42. The molecule has 1 fully saturated rings. The molecule has 1 aromatic heterocycles. The number of aromatic hydroxyl groups is 1. The van der Waals surface area contributed by atoms with E-state index in [-0.39, 0.29) is 41.6 Å². The van der Waals surface area contributed by atoms with E-state index in [1.54, 1.807) is 17.9 Å². The van der Waals surface area contributed by atoms with Gasteiger partial charge >= 0.3 is 0 Å². The van der Waals surface area contributed by atoms with Gasteiger partial charge in [-0.3, -0.25) is 4.79 Å². The van der Waals surface area contributed by atoms with E-state index in [1.807, 2.05) is 7.05 Å². The van der Waals surface area contributed by atoms with Crippen LogP contribution in [-0.4, -0.2) is 51.9 Å². The Morgan fingerprint density at radius 2 is 2.20 bits per heavy atom. The van der Waals surface area contributed by atoms with E-state index in [4.69, 9.17) is 0 Å². The Kier molecular flexibility index (Phi) is 6.02. The van der Waals surface area contributed by atoms with Gasteiger partial charge in [-0.15, -0.1) is 12.4 Å². The molecule has 0 bridgehead atoms. The lowest BCUT2D eigenvalue weighted by molar-refractivity contribution is 0.0688. The molecule has 1 unspecified atom stereocenters. The van der Waals surface area contributed by atoms with Gasteiger partial charge in [0.25, 0.3) is 5.91 Å². The lowest BCUT2D eigenvalue weighted by atomic mass is 10.1. The SMILES string of the molecule is CNC1CCCN(C(=O)c2nn(-c3ccc(F)cc3C)cc2O)C1.Cl.